The number of aliphatic hydroxyl groups excluding tert-OH is 1. The maximum atomic E-state index is 9.21. The Labute approximate surface area is 79.6 Å². The monoisotopic (exact) mass is 183 g/mol. The van der Waals surface area contributed by atoms with E-state index < -0.39 is 0 Å². The van der Waals surface area contributed by atoms with Crippen molar-refractivity contribution in [2.45, 2.75) is 26.3 Å². The first-order valence-electron chi connectivity index (χ1n) is 4.77. The molecule has 3 heteroatoms. The van der Waals surface area contributed by atoms with Gasteiger partial charge >= 0.3 is 0 Å². The van der Waals surface area contributed by atoms with Gasteiger partial charge in [-0.2, -0.15) is 0 Å². The van der Waals surface area contributed by atoms with Gasteiger partial charge in [-0.1, -0.05) is 13.8 Å². The molecule has 1 rings (SSSR count). The summed E-state index contributed by atoms with van der Waals surface area (Å²) in [7, 11) is 1.99. The molecule has 1 aromatic rings. The van der Waals surface area contributed by atoms with E-state index in [0.29, 0.717) is 5.92 Å². The fourth-order valence-corrected chi connectivity index (χ4v) is 1.52. The second kappa shape index (κ2) is 4.42. The summed E-state index contributed by atoms with van der Waals surface area (Å²) in [6, 6.07) is 0.223. The molecule has 0 aliphatic carbocycles. The summed E-state index contributed by atoms with van der Waals surface area (Å²) < 4.78 is 4.06. The van der Waals surface area contributed by atoms with Crippen LogP contribution < -0.4 is 4.57 Å². The van der Waals surface area contributed by atoms with Crippen LogP contribution in [0, 0.1) is 5.92 Å². The standard InChI is InChI=1S/C10H19N2O/c1-9(2)6-10(7-13)12-5-4-11(3)8-12/h4-5,8-10,13H,6-7H2,1-3H3/q+1/t10-/m0/s1. The van der Waals surface area contributed by atoms with Gasteiger partial charge in [0, 0.05) is 0 Å². The van der Waals surface area contributed by atoms with E-state index in [9.17, 15) is 5.11 Å². The Morgan fingerprint density at radius 1 is 1.46 bits per heavy atom. The molecule has 0 amide bonds. The molecule has 0 saturated heterocycles. The van der Waals surface area contributed by atoms with Crippen LogP contribution >= 0.6 is 0 Å². The Hall–Kier alpha value is -0.830. The number of aromatic nitrogens is 2. The summed E-state index contributed by atoms with van der Waals surface area (Å²) in [6.45, 7) is 4.56. The zero-order chi connectivity index (χ0) is 9.84. The number of imidazole rings is 1. The van der Waals surface area contributed by atoms with Gasteiger partial charge in [-0.25, -0.2) is 9.13 Å². The van der Waals surface area contributed by atoms with Gasteiger partial charge in [-0.3, -0.25) is 0 Å². The van der Waals surface area contributed by atoms with Crippen LogP contribution in [0.3, 0.4) is 0 Å². The molecule has 0 radical (unpaired) electrons. The summed E-state index contributed by atoms with van der Waals surface area (Å²) in [5, 5.41) is 9.21. The van der Waals surface area contributed by atoms with Crippen molar-refractivity contribution in [1.82, 2.24) is 4.57 Å². The molecule has 0 unspecified atom stereocenters. The van der Waals surface area contributed by atoms with Crippen molar-refractivity contribution < 1.29 is 9.67 Å². The molecule has 1 N–H and O–H groups in total. The highest BCUT2D eigenvalue weighted by Crippen LogP contribution is 2.15. The molecule has 1 aromatic heterocycles. The third-order valence-electron chi connectivity index (χ3n) is 2.17. The van der Waals surface area contributed by atoms with Crippen molar-refractivity contribution in [3.8, 4) is 0 Å². The smallest absolute Gasteiger partial charge is 0.243 e. The molecule has 1 heterocycles. The molecular formula is C10H19N2O+. The number of hydrogen-bond acceptors (Lipinski definition) is 1. The van der Waals surface area contributed by atoms with Crippen LogP contribution in [-0.4, -0.2) is 16.3 Å². The zero-order valence-electron chi connectivity index (χ0n) is 8.64. The second-order valence-corrected chi connectivity index (χ2v) is 3.99. The summed E-state index contributed by atoms with van der Waals surface area (Å²) in [4.78, 5) is 0. The molecule has 0 aliphatic heterocycles. The largest absolute Gasteiger partial charge is 0.392 e. The lowest BCUT2D eigenvalue weighted by Crippen LogP contribution is -2.25. The van der Waals surface area contributed by atoms with Gasteiger partial charge in [0.25, 0.3) is 0 Å². The van der Waals surface area contributed by atoms with Crippen LogP contribution in [0.1, 0.15) is 26.3 Å². The lowest BCUT2D eigenvalue weighted by atomic mass is 10.0. The van der Waals surface area contributed by atoms with E-state index in [2.05, 4.69) is 18.4 Å². The predicted molar refractivity (Wildman–Crippen MR) is 51.2 cm³/mol. The Kier molecular flexibility index (Phi) is 3.48. The number of nitrogens with zero attached hydrogens (tertiary/aromatic N) is 2. The second-order valence-electron chi connectivity index (χ2n) is 3.99. The number of hydrogen-bond donors (Lipinski definition) is 1. The van der Waals surface area contributed by atoms with Crippen molar-refractivity contribution >= 4 is 0 Å². The molecule has 3 nitrogen and oxygen atoms in total. The van der Waals surface area contributed by atoms with Gasteiger partial charge < -0.3 is 5.11 Å². The van der Waals surface area contributed by atoms with Crippen molar-refractivity contribution in [2.75, 3.05) is 6.61 Å². The normalized spacial score (nSPS) is 13.6. The van der Waals surface area contributed by atoms with Crippen LogP contribution in [0.15, 0.2) is 18.7 Å². The molecule has 0 spiro atoms. The third kappa shape index (κ3) is 2.84. The minimum absolute atomic E-state index is 0.215. The van der Waals surface area contributed by atoms with E-state index in [1.54, 1.807) is 0 Å². The summed E-state index contributed by atoms with van der Waals surface area (Å²) in [5.74, 6) is 0.616. The molecule has 0 aliphatic rings. The summed E-state index contributed by atoms with van der Waals surface area (Å²) in [5.41, 5.74) is 0. The Morgan fingerprint density at radius 3 is 2.54 bits per heavy atom. The lowest BCUT2D eigenvalue weighted by Gasteiger charge is -2.12. The predicted octanol–water partition coefficient (Wildman–Crippen LogP) is 0.892. The van der Waals surface area contributed by atoms with Gasteiger partial charge in [0.05, 0.1) is 13.7 Å². The summed E-state index contributed by atoms with van der Waals surface area (Å²) in [6.07, 6.45) is 7.01. The topological polar surface area (TPSA) is 29.0 Å². The Bertz CT molecular complexity index is 255. The SMILES string of the molecule is CC(C)C[C@@H](CO)n1cc[n+](C)c1. The number of aliphatic hydroxyl groups is 1. The van der Waals surface area contributed by atoms with Crippen LogP contribution in [0.2, 0.25) is 0 Å². The maximum Gasteiger partial charge on any atom is 0.243 e. The van der Waals surface area contributed by atoms with E-state index in [0.717, 1.165) is 6.42 Å². The van der Waals surface area contributed by atoms with Gasteiger partial charge in [-0.15, -0.1) is 0 Å². The minimum atomic E-state index is 0.215. The molecule has 13 heavy (non-hydrogen) atoms. The quantitative estimate of drug-likeness (QED) is 0.690. The highest BCUT2D eigenvalue weighted by molar-refractivity contribution is 4.75. The molecular weight excluding hydrogens is 164 g/mol. The van der Waals surface area contributed by atoms with Gasteiger partial charge in [0.2, 0.25) is 6.33 Å². The molecule has 0 saturated carbocycles. The van der Waals surface area contributed by atoms with Gasteiger partial charge in [0.15, 0.2) is 0 Å². The van der Waals surface area contributed by atoms with Crippen LogP contribution in [0.4, 0.5) is 0 Å². The summed E-state index contributed by atoms with van der Waals surface area (Å²) >= 11 is 0. The molecule has 0 fully saturated rings. The van der Waals surface area contributed by atoms with E-state index >= 15 is 0 Å². The number of rotatable bonds is 4. The molecule has 0 bridgehead atoms. The van der Waals surface area contributed by atoms with Crippen LogP contribution in [0.25, 0.3) is 0 Å². The average Bonchev–Trinajstić information content (AvgIpc) is 2.47. The van der Waals surface area contributed by atoms with E-state index in [-0.39, 0.29) is 12.6 Å². The van der Waals surface area contributed by atoms with Crippen molar-refractivity contribution in [3.63, 3.8) is 0 Å². The maximum absolute atomic E-state index is 9.21. The van der Waals surface area contributed by atoms with Crippen molar-refractivity contribution in [2.24, 2.45) is 13.0 Å². The highest BCUT2D eigenvalue weighted by Gasteiger charge is 2.16. The Morgan fingerprint density at radius 2 is 2.15 bits per heavy atom. The van der Waals surface area contributed by atoms with E-state index in [4.69, 9.17) is 0 Å². The van der Waals surface area contributed by atoms with E-state index in [1.165, 1.54) is 0 Å². The average molecular weight is 183 g/mol. The first-order chi connectivity index (χ1) is 6.13. The van der Waals surface area contributed by atoms with E-state index in [1.807, 2.05) is 30.3 Å². The lowest BCUT2D eigenvalue weighted by molar-refractivity contribution is -0.671. The minimum Gasteiger partial charge on any atom is -0.392 e. The van der Waals surface area contributed by atoms with Crippen molar-refractivity contribution in [3.05, 3.63) is 18.7 Å². The van der Waals surface area contributed by atoms with Crippen LogP contribution in [0.5, 0.6) is 0 Å². The Balaban J connectivity index is 2.66. The zero-order valence-corrected chi connectivity index (χ0v) is 8.64. The molecule has 74 valence electrons. The first-order valence-corrected chi connectivity index (χ1v) is 4.77. The molecule has 1 atom stereocenters. The highest BCUT2D eigenvalue weighted by atomic mass is 16.3. The first kappa shape index (κ1) is 10.3. The fourth-order valence-electron chi connectivity index (χ4n) is 1.52. The number of aryl methyl sites for hydroxylation is 1. The third-order valence-corrected chi connectivity index (χ3v) is 2.17. The van der Waals surface area contributed by atoms with Gasteiger partial charge in [0.1, 0.15) is 18.4 Å². The van der Waals surface area contributed by atoms with Crippen molar-refractivity contribution in [1.29, 1.82) is 0 Å². The molecule has 0 aromatic carbocycles. The van der Waals surface area contributed by atoms with Crippen LogP contribution in [-0.2, 0) is 7.05 Å². The van der Waals surface area contributed by atoms with Gasteiger partial charge in [-0.05, 0) is 12.3 Å². The fraction of sp³-hybridized carbons (Fsp3) is 0.700.